The number of aliphatic carboxylic acids is 1. The average Bonchev–Trinajstić information content (AvgIpc) is 3.21. The molecule has 0 heterocycles. The number of carbonyl (C=O) groups is 1. The second-order valence-corrected chi connectivity index (χ2v) is 6.38. The molecule has 0 aromatic rings. The van der Waals surface area contributed by atoms with Crippen LogP contribution in [-0.2, 0) is 4.79 Å². The average molecular weight is 284 g/mol. The second-order valence-electron chi connectivity index (χ2n) is 6.38. The van der Waals surface area contributed by atoms with Crippen LogP contribution in [0.15, 0.2) is 0 Å². The van der Waals surface area contributed by atoms with Crippen LogP contribution in [0.3, 0.4) is 0 Å². The predicted octanol–water partition coefficient (Wildman–Crippen LogP) is 2.87. The van der Waals surface area contributed by atoms with Crippen LogP contribution in [0.2, 0.25) is 0 Å². The zero-order valence-corrected chi connectivity index (χ0v) is 13.6. The third kappa shape index (κ3) is 5.06. The van der Waals surface area contributed by atoms with Gasteiger partial charge in [0.25, 0.3) is 0 Å². The first-order chi connectivity index (χ1) is 9.45. The quantitative estimate of drug-likeness (QED) is 0.612. The number of nitrogens with one attached hydrogen (secondary N) is 1. The zero-order valence-electron chi connectivity index (χ0n) is 13.6. The van der Waals surface area contributed by atoms with Crippen molar-refractivity contribution in [3.8, 4) is 0 Å². The van der Waals surface area contributed by atoms with Gasteiger partial charge in [-0.3, -0.25) is 10.1 Å². The summed E-state index contributed by atoms with van der Waals surface area (Å²) < 4.78 is 0. The zero-order chi connectivity index (χ0) is 15.2. The normalized spacial score (nSPS) is 19.9. The van der Waals surface area contributed by atoms with Crippen molar-refractivity contribution in [2.24, 2.45) is 0 Å². The van der Waals surface area contributed by atoms with E-state index in [1.54, 1.807) is 0 Å². The standard InChI is InChI=1S/C16H32N2O2/c1-5-8-13(3)18(4)12-7-11-16(6-2,15(19)20)17-14-9-10-14/h13-14,17H,5-12H2,1-4H3,(H,19,20). The van der Waals surface area contributed by atoms with Gasteiger partial charge in [0.05, 0.1) is 0 Å². The van der Waals surface area contributed by atoms with E-state index in [9.17, 15) is 9.90 Å². The summed E-state index contributed by atoms with van der Waals surface area (Å²) in [6, 6.07) is 1.01. The summed E-state index contributed by atoms with van der Waals surface area (Å²) in [7, 11) is 2.14. The molecule has 20 heavy (non-hydrogen) atoms. The van der Waals surface area contributed by atoms with Crippen molar-refractivity contribution in [3.05, 3.63) is 0 Å². The van der Waals surface area contributed by atoms with E-state index in [1.165, 1.54) is 12.8 Å². The molecular formula is C16H32N2O2. The van der Waals surface area contributed by atoms with Gasteiger partial charge < -0.3 is 10.0 Å². The first-order valence-electron chi connectivity index (χ1n) is 8.16. The fourth-order valence-corrected chi connectivity index (χ4v) is 2.78. The van der Waals surface area contributed by atoms with E-state index < -0.39 is 11.5 Å². The summed E-state index contributed by atoms with van der Waals surface area (Å²) in [5.74, 6) is -0.684. The molecule has 0 aromatic heterocycles. The van der Waals surface area contributed by atoms with E-state index in [-0.39, 0.29) is 0 Å². The van der Waals surface area contributed by atoms with Crippen molar-refractivity contribution in [3.63, 3.8) is 0 Å². The smallest absolute Gasteiger partial charge is 0.323 e. The number of carboxylic acids is 1. The van der Waals surface area contributed by atoms with E-state index in [1.807, 2.05) is 6.92 Å². The van der Waals surface area contributed by atoms with Crippen LogP contribution in [0.4, 0.5) is 0 Å². The molecule has 2 N–H and O–H groups in total. The van der Waals surface area contributed by atoms with Crippen LogP contribution in [0.1, 0.15) is 65.7 Å². The Labute approximate surface area is 123 Å². The molecule has 1 rings (SSSR count). The Balaban J connectivity index is 2.43. The van der Waals surface area contributed by atoms with Crippen molar-refractivity contribution in [1.82, 2.24) is 10.2 Å². The highest BCUT2D eigenvalue weighted by molar-refractivity contribution is 5.78. The van der Waals surface area contributed by atoms with Gasteiger partial charge in [0, 0.05) is 12.1 Å². The Kier molecular flexibility index (Phi) is 6.96. The monoisotopic (exact) mass is 284 g/mol. The lowest BCUT2D eigenvalue weighted by Crippen LogP contribution is -2.53. The summed E-state index contributed by atoms with van der Waals surface area (Å²) >= 11 is 0. The van der Waals surface area contributed by atoms with Crippen LogP contribution in [-0.4, -0.2) is 47.2 Å². The molecule has 1 fully saturated rings. The Morgan fingerprint density at radius 2 is 2.10 bits per heavy atom. The Morgan fingerprint density at radius 1 is 1.45 bits per heavy atom. The van der Waals surface area contributed by atoms with Crippen LogP contribution in [0.5, 0.6) is 0 Å². The molecule has 2 unspecified atom stereocenters. The summed E-state index contributed by atoms with van der Waals surface area (Å²) in [6.07, 6.45) is 6.97. The van der Waals surface area contributed by atoms with Crippen molar-refractivity contribution in [1.29, 1.82) is 0 Å². The molecule has 0 bridgehead atoms. The van der Waals surface area contributed by atoms with Gasteiger partial charge in [0.2, 0.25) is 0 Å². The van der Waals surface area contributed by atoms with Crippen molar-refractivity contribution in [2.45, 2.75) is 83.3 Å². The molecule has 0 aliphatic heterocycles. The molecule has 0 amide bonds. The first kappa shape index (κ1) is 17.4. The molecule has 1 aliphatic rings. The molecular weight excluding hydrogens is 252 g/mol. The summed E-state index contributed by atoms with van der Waals surface area (Å²) in [6.45, 7) is 7.40. The van der Waals surface area contributed by atoms with Gasteiger partial charge in [-0.05, 0) is 59.0 Å². The molecule has 4 heteroatoms. The lowest BCUT2D eigenvalue weighted by molar-refractivity contribution is -0.145. The largest absolute Gasteiger partial charge is 0.480 e. The maximum Gasteiger partial charge on any atom is 0.323 e. The first-order valence-corrected chi connectivity index (χ1v) is 8.16. The fourth-order valence-electron chi connectivity index (χ4n) is 2.78. The lowest BCUT2D eigenvalue weighted by atomic mass is 9.90. The van der Waals surface area contributed by atoms with Crippen molar-refractivity contribution >= 4 is 5.97 Å². The molecule has 118 valence electrons. The van der Waals surface area contributed by atoms with Crippen LogP contribution >= 0.6 is 0 Å². The molecule has 1 saturated carbocycles. The van der Waals surface area contributed by atoms with Gasteiger partial charge in [-0.2, -0.15) is 0 Å². The molecule has 1 aliphatic carbocycles. The number of hydrogen-bond acceptors (Lipinski definition) is 3. The summed E-state index contributed by atoms with van der Waals surface area (Å²) in [5.41, 5.74) is -0.712. The Hall–Kier alpha value is -0.610. The number of carboxylic acid groups (broad SMARTS) is 1. The molecule has 0 aromatic carbocycles. The number of hydrogen-bond donors (Lipinski definition) is 2. The summed E-state index contributed by atoms with van der Waals surface area (Å²) in [4.78, 5) is 14.0. The predicted molar refractivity (Wildman–Crippen MR) is 83.0 cm³/mol. The number of nitrogens with zero attached hydrogens (tertiary/aromatic N) is 1. The Bertz CT molecular complexity index is 305. The third-order valence-electron chi connectivity index (χ3n) is 4.64. The van der Waals surface area contributed by atoms with Gasteiger partial charge in [-0.25, -0.2) is 0 Å². The lowest BCUT2D eigenvalue weighted by Gasteiger charge is -2.31. The maximum atomic E-state index is 11.7. The van der Waals surface area contributed by atoms with Gasteiger partial charge in [0.1, 0.15) is 5.54 Å². The minimum atomic E-state index is -0.712. The van der Waals surface area contributed by atoms with Gasteiger partial charge in [0.15, 0.2) is 0 Å². The SMILES string of the molecule is CCCC(C)N(C)CCCC(CC)(NC1CC1)C(=O)O. The van der Waals surface area contributed by atoms with Crippen molar-refractivity contribution < 1.29 is 9.90 Å². The van der Waals surface area contributed by atoms with Gasteiger partial charge in [-0.15, -0.1) is 0 Å². The van der Waals surface area contributed by atoms with E-state index >= 15 is 0 Å². The summed E-state index contributed by atoms with van der Waals surface area (Å²) in [5, 5.41) is 12.9. The topological polar surface area (TPSA) is 52.6 Å². The molecule has 2 atom stereocenters. The highest BCUT2D eigenvalue weighted by atomic mass is 16.4. The second kappa shape index (κ2) is 7.99. The van der Waals surface area contributed by atoms with Crippen LogP contribution < -0.4 is 5.32 Å². The molecule has 0 saturated heterocycles. The fraction of sp³-hybridized carbons (Fsp3) is 0.938. The van der Waals surface area contributed by atoms with E-state index in [0.717, 1.165) is 32.2 Å². The van der Waals surface area contributed by atoms with E-state index in [4.69, 9.17) is 0 Å². The van der Waals surface area contributed by atoms with Gasteiger partial charge >= 0.3 is 5.97 Å². The van der Waals surface area contributed by atoms with E-state index in [0.29, 0.717) is 18.5 Å². The molecule has 0 radical (unpaired) electrons. The number of rotatable bonds is 11. The van der Waals surface area contributed by atoms with Crippen molar-refractivity contribution in [2.75, 3.05) is 13.6 Å². The highest BCUT2D eigenvalue weighted by Gasteiger charge is 2.40. The van der Waals surface area contributed by atoms with Crippen LogP contribution in [0.25, 0.3) is 0 Å². The maximum absolute atomic E-state index is 11.7. The van der Waals surface area contributed by atoms with Gasteiger partial charge in [-0.1, -0.05) is 20.3 Å². The molecule has 4 nitrogen and oxygen atoms in total. The Morgan fingerprint density at radius 3 is 2.55 bits per heavy atom. The molecule has 0 spiro atoms. The van der Waals surface area contributed by atoms with E-state index in [2.05, 4.69) is 31.1 Å². The minimum absolute atomic E-state index is 0.433. The minimum Gasteiger partial charge on any atom is -0.480 e. The highest BCUT2D eigenvalue weighted by Crippen LogP contribution is 2.27. The third-order valence-corrected chi connectivity index (χ3v) is 4.64. The van der Waals surface area contributed by atoms with Crippen LogP contribution in [0, 0.1) is 0 Å².